The topological polar surface area (TPSA) is 81.4 Å². The predicted octanol–water partition coefficient (Wildman–Crippen LogP) is 4.22. The lowest BCUT2D eigenvalue weighted by Gasteiger charge is -2.07. The second-order valence-electron chi connectivity index (χ2n) is 5.78. The maximum atomic E-state index is 12.7. The van der Waals surface area contributed by atoms with Gasteiger partial charge in [0.25, 0.3) is 0 Å². The Kier molecular flexibility index (Phi) is 5.50. The first-order valence-corrected chi connectivity index (χ1v) is 10.2. The zero-order valence-corrected chi connectivity index (χ0v) is 16.3. The van der Waals surface area contributed by atoms with E-state index in [2.05, 4.69) is 14.4 Å². The Labute approximate surface area is 163 Å². The van der Waals surface area contributed by atoms with Gasteiger partial charge in [0, 0.05) is 17.5 Å². The molecule has 0 atom stereocenters. The van der Waals surface area contributed by atoms with Gasteiger partial charge in [0.2, 0.25) is 15.8 Å². The molecule has 0 spiro atoms. The summed E-state index contributed by atoms with van der Waals surface area (Å²) in [5, 5.41) is 3.39. The third-order valence-corrected chi connectivity index (χ3v) is 6.56. The Morgan fingerprint density at radius 3 is 2.46 bits per heavy atom. The second-order valence-corrected chi connectivity index (χ2v) is 8.77. The summed E-state index contributed by atoms with van der Waals surface area (Å²) >= 11 is 1.02. The SMILES string of the molecule is COc1ccc(CNS(=O)(=O)c2cc(-c3cc(C(F)(F)F)on3)sc2C)cc1. The summed E-state index contributed by atoms with van der Waals surface area (Å²) in [6.45, 7) is 1.62. The molecule has 0 aliphatic carbocycles. The van der Waals surface area contributed by atoms with E-state index >= 15 is 0 Å². The molecule has 28 heavy (non-hydrogen) atoms. The van der Waals surface area contributed by atoms with Crippen LogP contribution in [0.2, 0.25) is 0 Å². The standard InChI is InChI=1S/C17H15F3N2O4S2/c1-10-15(8-14(27-10)13-7-16(26-22-13)17(18,19)20)28(23,24)21-9-11-3-5-12(25-2)6-4-11/h3-8,21H,9H2,1-2H3. The number of nitrogens with one attached hydrogen (secondary N) is 1. The van der Waals surface area contributed by atoms with Crippen LogP contribution in [0.5, 0.6) is 5.75 Å². The Morgan fingerprint density at radius 1 is 1.21 bits per heavy atom. The Bertz CT molecular complexity index is 1070. The number of aryl methyl sites for hydroxylation is 1. The highest BCUT2D eigenvalue weighted by atomic mass is 32.2. The third kappa shape index (κ3) is 4.37. The lowest BCUT2D eigenvalue weighted by Crippen LogP contribution is -2.23. The van der Waals surface area contributed by atoms with E-state index < -0.39 is 22.0 Å². The molecule has 11 heteroatoms. The molecule has 2 aromatic heterocycles. The predicted molar refractivity (Wildman–Crippen MR) is 96.6 cm³/mol. The number of nitrogens with zero attached hydrogens (tertiary/aromatic N) is 1. The number of alkyl halides is 3. The van der Waals surface area contributed by atoms with E-state index in [0.29, 0.717) is 10.6 Å². The minimum absolute atomic E-state index is 0.0161. The van der Waals surface area contributed by atoms with E-state index in [-0.39, 0.29) is 22.0 Å². The number of methoxy groups -OCH3 is 1. The van der Waals surface area contributed by atoms with Gasteiger partial charge >= 0.3 is 6.18 Å². The molecule has 1 aromatic carbocycles. The van der Waals surface area contributed by atoms with Crippen LogP contribution in [0, 0.1) is 6.92 Å². The Hall–Kier alpha value is -2.37. The highest BCUT2D eigenvalue weighted by Gasteiger charge is 2.36. The fraction of sp³-hybridized carbons (Fsp3) is 0.235. The van der Waals surface area contributed by atoms with Crippen LogP contribution in [0.1, 0.15) is 16.2 Å². The molecule has 0 saturated heterocycles. The summed E-state index contributed by atoms with van der Waals surface area (Å²) in [6.07, 6.45) is -4.66. The maximum Gasteiger partial charge on any atom is 0.452 e. The molecular weight excluding hydrogens is 417 g/mol. The molecule has 0 amide bonds. The van der Waals surface area contributed by atoms with Crippen molar-refractivity contribution in [2.24, 2.45) is 0 Å². The van der Waals surface area contributed by atoms with E-state index in [4.69, 9.17) is 4.74 Å². The second kappa shape index (κ2) is 7.57. The van der Waals surface area contributed by atoms with E-state index in [0.717, 1.165) is 23.0 Å². The van der Waals surface area contributed by atoms with Crippen molar-refractivity contribution in [3.05, 3.63) is 52.6 Å². The fourth-order valence-corrected chi connectivity index (χ4v) is 4.94. The van der Waals surface area contributed by atoms with Gasteiger partial charge in [-0.3, -0.25) is 0 Å². The molecule has 3 aromatic rings. The van der Waals surface area contributed by atoms with Crippen molar-refractivity contribution in [2.45, 2.75) is 24.5 Å². The molecule has 1 N–H and O–H groups in total. The number of sulfonamides is 1. The molecule has 0 aliphatic rings. The largest absolute Gasteiger partial charge is 0.497 e. The number of benzene rings is 1. The van der Waals surface area contributed by atoms with Crippen LogP contribution < -0.4 is 9.46 Å². The molecule has 6 nitrogen and oxygen atoms in total. The normalized spacial score (nSPS) is 12.3. The van der Waals surface area contributed by atoms with Crippen LogP contribution in [0.3, 0.4) is 0 Å². The smallest absolute Gasteiger partial charge is 0.452 e. The lowest BCUT2D eigenvalue weighted by molar-refractivity contribution is -0.155. The van der Waals surface area contributed by atoms with Crippen LogP contribution in [0.4, 0.5) is 13.2 Å². The molecule has 0 saturated carbocycles. The first-order valence-electron chi connectivity index (χ1n) is 7.87. The van der Waals surface area contributed by atoms with Gasteiger partial charge in [-0.25, -0.2) is 13.1 Å². The van der Waals surface area contributed by atoms with Gasteiger partial charge in [0.05, 0.1) is 16.9 Å². The van der Waals surface area contributed by atoms with Gasteiger partial charge in [0.1, 0.15) is 11.4 Å². The number of rotatable bonds is 6. The van der Waals surface area contributed by atoms with Crippen LogP contribution in [0.25, 0.3) is 10.6 Å². The van der Waals surface area contributed by atoms with Crippen LogP contribution >= 0.6 is 11.3 Å². The number of ether oxygens (including phenoxy) is 1. The first-order chi connectivity index (χ1) is 13.1. The van der Waals surface area contributed by atoms with Crippen molar-refractivity contribution in [2.75, 3.05) is 7.11 Å². The summed E-state index contributed by atoms with van der Waals surface area (Å²) in [7, 11) is -2.34. The van der Waals surface area contributed by atoms with Gasteiger partial charge in [0.15, 0.2) is 0 Å². The maximum absolute atomic E-state index is 12.7. The number of thiophene rings is 1. The Morgan fingerprint density at radius 2 is 1.89 bits per heavy atom. The van der Waals surface area contributed by atoms with Crippen molar-refractivity contribution < 1.29 is 30.8 Å². The van der Waals surface area contributed by atoms with Gasteiger partial charge in [-0.1, -0.05) is 17.3 Å². The van der Waals surface area contributed by atoms with Crippen LogP contribution in [-0.2, 0) is 22.7 Å². The molecule has 0 bridgehead atoms. The summed E-state index contributed by atoms with van der Waals surface area (Å²) in [6, 6.07) is 8.89. The van der Waals surface area contributed by atoms with E-state index in [1.807, 2.05) is 0 Å². The summed E-state index contributed by atoms with van der Waals surface area (Å²) in [4.78, 5) is 0.674. The zero-order chi connectivity index (χ0) is 20.5. The average molecular weight is 432 g/mol. The molecule has 3 rings (SSSR count). The molecule has 150 valence electrons. The number of halogens is 3. The van der Waals surface area contributed by atoms with Crippen molar-refractivity contribution >= 4 is 21.4 Å². The fourth-order valence-electron chi connectivity index (χ4n) is 2.38. The van der Waals surface area contributed by atoms with E-state index in [1.54, 1.807) is 31.2 Å². The van der Waals surface area contributed by atoms with Crippen molar-refractivity contribution in [3.8, 4) is 16.3 Å². The zero-order valence-electron chi connectivity index (χ0n) is 14.7. The Balaban J connectivity index is 1.79. The van der Waals surface area contributed by atoms with Crippen molar-refractivity contribution in [3.63, 3.8) is 0 Å². The summed E-state index contributed by atoms with van der Waals surface area (Å²) < 4.78 is 75.0. The van der Waals surface area contributed by atoms with Gasteiger partial charge in [-0.2, -0.15) is 13.2 Å². The highest BCUT2D eigenvalue weighted by molar-refractivity contribution is 7.89. The molecular formula is C17H15F3N2O4S2. The molecule has 0 aliphatic heterocycles. The van der Waals surface area contributed by atoms with Crippen molar-refractivity contribution in [1.82, 2.24) is 9.88 Å². The van der Waals surface area contributed by atoms with E-state index in [1.165, 1.54) is 13.2 Å². The number of hydrogen-bond donors (Lipinski definition) is 1. The average Bonchev–Trinajstić information content (AvgIpc) is 3.27. The lowest BCUT2D eigenvalue weighted by atomic mass is 10.2. The van der Waals surface area contributed by atoms with E-state index in [9.17, 15) is 21.6 Å². The molecule has 2 heterocycles. The highest BCUT2D eigenvalue weighted by Crippen LogP contribution is 2.36. The number of aromatic nitrogens is 1. The van der Waals surface area contributed by atoms with Crippen LogP contribution in [-0.4, -0.2) is 20.7 Å². The summed E-state index contributed by atoms with van der Waals surface area (Å²) in [5.41, 5.74) is 0.654. The quantitative estimate of drug-likeness (QED) is 0.631. The summed E-state index contributed by atoms with van der Waals surface area (Å²) in [5.74, 6) is -0.591. The number of hydrogen-bond acceptors (Lipinski definition) is 6. The molecule has 0 fully saturated rings. The third-order valence-electron chi connectivity index (χ3n) is 3.83. The van der Waals surface area contributed by atoms with Gasteiger partial charge in [-0.05, 0) is 30.7 Å². The first kappa shape index (κ1) is 20.4. The monoisotopic (exact) mass is 432 g/mol. The molecule has 0 radical (unpaired) electrons. The van der Waals surface area contributed by atoms with Gasteiger partial charge in [-0.15, -0.1) is 11.3 Å². The van der Waals surface area contributed by atoms with Gasteiger partial charge < -0.3 is 9.26 Å². The van der Waals surface area contributed by atoms with Crippen molar-refractivity contribution in [1.29, 1.82) is 0 Å². The van der Waals surface area contributed by atoms with Crippen LogP contribution in [0.15, 0.2) is 45.8 Å². The molecule has 0 unspecified atom stereocenters. The minimum Gasteiger partial charge on any atom is -0.497 e. The minimum atomic E-state index is -4.66.